The normalized spacial score (nSPS) is 11.2. The Balaban J connectivity index is 1.60. The number of carbonyl (C=O) groups excluding carboxylic acids is 2. The van der Waals surface area contributed by atoms with Gasteiger partial charge in [0.2, 0.25) is 0 Å². The predicted molar refractivity (Wildman–Crippen MR) is 122 cm³/mol. The first kappa shape index (κ1) is 22.8. The topological polar surface area (TPSA) is 96.1 Å². The van der Waals surface area contributed by atoms with Gasteiger partial charge in [0, 0.05) is 11.1 Å². The third-order valence-corrected chi connectivity index (χ3v) is 5.09. The van der Waals surface area contributed by atoms with Gasteiger partial charge in [0.1, 0.15) is 0 Å². The molecule has 11 heteroatoms. The standard InChI is InChI=1S/C20H12Cl4N4O3/c21-13-3-1-4-14(22)11(13)9-25-27-19(29)17-7-8-18(31-17)20(30)28-26-10-12-15(23)5-2-6-16(12)24/h1-10H,(H,27,29)(H,28,30)/b25-9-,26-10-. The number of hydrogen-bond donors (Lipinski definition) is 2. The first-order valence-corrected chi connectivity index (χ1v) is 10.0. The van der Waals surface area contributed by atoms with Gasteiger partial charge in [-0.15, -0.1) is 0 Å². The third kappa shape index (κ3) is 5.86. The van der Waals surface area contributed by atoms with Crippen molar-refractivity contribution in [3.63, 3.8) is 0 Å². The van der Waals surface area contributed by atoms with Gasteiger partial charge in [0.25, 0.3) is 0 Å². The van der Waals surface area contributed by atoms with E-state index in [4.69, 9.17) is 50.8 Å². The highest BCUT2D eigenvalue weighted by Gasteiger charge is 2.15. The van der Waals surface area contributed by atoms with Crippen LogP contribution >= 0.6 is 46.4 Å². The number of nitrogens with zero attached hydrogens (tertiary/aromatic N) is 2. The summed E-state index contributed by atoms with van der Waals surface area (Å²) in [6.07, 6.45) is 2.60. The first-order chi connectivity index (χ1) is 14.9. The van der Waals surface area contributed by atoms with Crippen LogP contribution in [-0.2, 0) is 0 Å². The molecule has 31 heavy (non-hydrogen) atoms. The molecule has 2 N–H and O–H groups in total. The fourth-order valence-corrected chi connectivity index (χ4v) is 3.26. The number of hydrogen-bond acceptors (Lipinski definition) is 5. The van der Waals surface area contributed by atoms with Crippen molar-refractivity contribution in [3.8, 4) is 0 Å². The highest BCUT2D eigenvalue weighted by atomic mass is 35.5. The predicted octanol–water partition coefficient (Wildman–Crippen LogP) is 5.42. The second-order valence-electron chi connectivity index (χ2n) is 5.83. The molecule has 1 heterocycles. The smallest absolute Gasteiger partial charge is 0.307 e. The average molecular weight is 498 g/mol. The van der Waals surface area contributed by atoms with Crippen LogP contribution in [-0.4, -0.2) is 24.2 Å². The molecule has 0 aliphatic heterocycles. The molecule has 7 nitrogen and oxygen atoms in total. The lowest BCUT2D eigenvalue weighted by Crippen LogP contribution is -2.18. The molecule has 158 valence electrons. The highest BCUT2D eigenvalue weighted by molar-refractivity contribution is 6.39. The lowest BCUT2D eigenvalue weighted by atomic mass is 10.2. The molecule has 0 aliphatic rings. The van der Waals surface area contributed by atoms with Crippen LogP contribution < -0.4 is 10.9 Å². The third-order valence-electron chi connectivity index (χ3n) is 3.77. The van der Waals surface area contributed by atoms with Gasteiger partial charge < -0.3 is 4.42 Å². The van der Waals surface area contributed by atoms with Gasteiger partial charge in [0.05, 0.1) is 32.5 Å². The number of furan rings is 1. The molecule has 0 saturated carbocycles. The molecule has 2 amide bonds. The van der Waals surface area contributed by atoms with Crippen molar-refractivity contribution in [2.24, 2.45) is 10.2 Å². The molecular formula is C20H12Cl4N4O3. The Morgan fingerprint density at radius 1 is 0.677 bits per heavy atom. The molecule has 0 unspecified atom stereocenters. The van der Waals surface area contributed by atoms with Gasteiger partial charge in [-0.25, -0.2) is 10.9 Å². The Hall–Kier alpha value is -2.84. The lowest BCUT2D eigenvalue weighted by molar-refractivity contribution is 0.0902. The van der Waals surface area contributed by atoms with Gasteiger partial charge in [-0.2, -0.15) is 10.2 Å². The maximum atomic E-state index is 12.1. The van der Waals surface area contributed by atoms with E-state index in [-0.39, 0.29) is 11.5 Å². The van der Waals surface area contributed by atoms with Gasteiger partial charge in [0.15, 0.2) is 11.5 Å². The molecule has 0 aliphatic carbocycles. The van der Waals surface area contributed by atoms with Crippen LogP contribution in [0.4, 0.5) is 0 Å². The Morgan fingerprint density at radius 2 is 1.03 bits per heavy atom. The van der Waals surface area contributed by atoms with Gasteiger partial charge in [-0.3, -0.25) is 9.59 Å². The number of rotatable bonds is 6. The molecule has 0 fully saturated rings. The molecule has 3 rings (SSSR count). The molecule has 3 aromatic rings. The second-order valence-corrected chi connectivity index (χ2v) is 7.46. The van der Waals surface area contributed by atoms with Crippen LogP contribution in [0.2, 0.25) is 20.1 Å². The van der Waals surface area contributed by atoms with Gasteiger partial charge in [-0.1, -0.05) is 58.5 Å². The van der Waals surface area contributed by atoms with Crippen LogP contribution in [0.1, 0.15) is 32.2 Å². The molecule has 0 radical (unpaired) electrons. The van der Waals surface area contributed by atoms with Crippen LogP contribution in [0.5, 0.6) is 0 Å². The summed E-state index contributed by atoms with van der Waals surface area (Å²) in [5.41, 5.74) is 5.41. The fourth-order valence-electron chi connectivity index (χ4n) is 2.27. The fraction of sp³-hybridized carbons (Fsp3) is 0. The zero-order valence-corrected chi connectivity index (χ0v) is 18.4. The zero-order valence-electron chi connectivity index (χ0n) is 15.4. The van der Waals surface area contributed by atoms with E-state index in [2.05, 4.69) is 21.1 Å². The lowest BCUT2D eigenvalue weighted by Gasteiger charge is -2.01. The maximum Gasteiger partial charge on any atom is 0.307 e. The highest BCUT2D eigenvalue weighted by Crippen LogP contribution is 2.23. The Bertz CT molecular complexity index is 1060. The molecule has 0 bridgehead atoms. The summed E-state index contributed by atoms with van der Waals surface area (Å²) in [6.45, 7) is 0. The van der Waals surface area contributed by atoms with Crippen molar-refractivity contribution in [2.75, 3.05) is 0 Å². The van der Waals surface area contributed by atoms with E-state index in [1.807, 2.05) is 0 Å². The van der Waals surface area contributed by atoms with Crippen molar-refractivity contribution in [3.05, 3.63) is 91.3 Å². The number of halogens is 4. The number of nitrogens with one attached hydrogen (secondary N) is 2. The van der Waals surface area contributed by atoms with Gasteiger partial charge in [-0.05, 0) is 36.4 Å². The van der Waals surface area contributed by atoms with E-state index >= 15 is 0 Å². The van der Waals surface area contributed by atoms with Crippen molar-refractivity contribution in [2.45, 2.75) is 0 Å². The maximum absolute atomic E-state index is 12.1. The minimum absolute atomic E-state index is 0.134. The van der Waals surface area contributed by atoms with E-state index < -0.39 is 11.8 Å². The number of carbonyl (C=O) groups is 2. The van der Waals surface area contributed by atoms with E-state index in [1.165, 1.54) is 24.6 Å². The Labute approximate surface area is 196 Å². The van der Waals surface area contributed by atoms with E-state index in [0.29, 0.717) is 31.2 Å². The summed E-state index contributed by atoms with van der Waals surface area (Å²) in [7, 11) is 0. The quantitative estimate of drug-likeness (QED) is 0.351. The Morgan fingerprint density at radius 3 is 1.39 bits per heavy atom. The van der Waals surface area contributed by atoms with Crippen molar-refractivity contribution in [1.29, 1.82) is 0 Å². The first-order valence-electron chi connectivity index (χ1n) is 8.51. The summed E-state index contributed by atoms with van der Waals surface area (Å²) in [5.74, 6) is -1.62. The zero-order chi connectivity index (χ0) is 22.4. The number of hydrazone groups is 2. The van der Waals surface area contributed by atoms with Crippen molar-refractivity contribution in [1.82, 2.24) is 10.9 Å². The van der Waals surface area contributed by atoms with Crippen LogP contribution in [0.15, 0.2) is 63.2 Å². The summed E-state index contributed by atoms with van der Waals surface area (Å²) in [6, 6.07) is 12.5. The molecular weight excluding hydrogens is 486 g/mol. The summed E-state index contributed by atoms with van der Waals surface area (Å²) >= 11 is 24.1. The van der Waals surface area contributed by atoms with Crippen LogP contribution in [0, 0.1) is 0 Å². The molecule has 1 aromatic heterocycles. The molecule has 0 atom stereocenters. The second kappa shape index (κ2) is 10.5. The monoisotopic (exact) mass is 496 g/mol. The largest absolute Gasteiger partial charge is 0.446 e. The van der Waals surface area contributed by atoms with Crippen LogP contribution in [0.3, 0.4) is 0 Å². The van der Waals surface area contributed by atoms with Crippen molar-refractivity contribution < 1.29 is 14.0 Å². The summed E-state index contributed by atoms with van der Waals surface area (Å²) in [5, 5.41) is 9.09. The van der Waals surface area contributed by atoms with Crippen LogP contribution in [0.25, 0.3) is 0 Å². The number of amides is 2. The SMILES string of the molecule is O=C(N/N=C\c1c(Cl)cccc1Cl)c1ccc(C(=O)N/N=C\c2c(Cl)cccc2Cl)o1. The number of benzene rings is 2. The van der Waals surface area contributed by atoms with Gasteiger partial charge >= 0.3 is 11.8 Å². The molecule has 2 aromatic carbocycles. The van der Waals surface area contributed by atoms with Crippen molar-refractivity contribution >= 4 is 70.6 Å². The van der Waals surface area contributed by atoms with E-state index in [0.717, 1.165) is 0 Å². The van der Waals surface area contributed by atoms with E-state index in [9.17, 15) is 9.59 Å². The van der Waals surface area contributed by atoms with E-state index in [1.54, 1.807) is 36.4 Å². The summed E-state index contributed by atoms with van der Waals surface area (Å²) < 4.78 is 5.23. The average Bonchev–Trinajstić information content (AvgIpc) is 3.23. The minimum Gasteiger partial charge on any atom is -0.446 e. The molecule has 0 saturated heterocycles. The minimum atomic E-state index is -0.676. The molecule has 0 spiro atoms. The Kier molecular flexibility index (Phi) is 7.70. The summed E-state index contributed by atoms with van der Waals surface area (Å²) in [4.78, 5) is 24.3.